The molecule has 4 amide bonds. The molecule has 2 aromatic rings. The Hall–Kier alpha value is -2.90. The topological polar surface area (TPSA) is 137 Å². The van der Waals surface area contributed by atoms with E-state index < -0.39 is 23.9 Å². The van der Waals surface area contributed by atoms with Crippen LogP contribution in [-0.2, 0) is 27.3 Å². The fourth-order valence-corrected chi connectivity index (χ4v) is 6.29. The summed E-state index contributed by atoms with van der Waals surface area (Å²) in [6, 6.07) is -1.03. The molecular formula is C23H31N7O4S2. The highest BCUT2D eigenvalue weighted by Gasteiger charge is 2.37. The summed E-state index contributed by atoms with van der Waals surface area (Å²) < 4.78 is 0. The lowest BCUT2D eigenvalue weighted by atomic mass is 9.81. The Bertz CT molecular complexity index is 1160. The average Bonchev–Trinajstić information content (AvgIpc) is 3.44. The van der Waals surface area contributed by atoms with Crippen molar-refractivity contribution in [1.82, 2.24) is 30.4 Å². The summed E-state index contributed by atoms with van der Waals surface area (Å²) in [5, 5.41) is 8.97. The summed E-state index contributed by atoms with van der Waals surface area (Å²) >= 11 is 2.65. The Balaban J connectivity index is 1.46. The Morgan fingerprint density at radius 3 is 2.56 bits per heavy atom. The van der Waals surface area contributed by atoms with Gasteiger partial charge in [0.05, 0.1) is 11.7 Å². The zero-order chi connectivity index (χ0) is 26.0. The molecule has 1 aliphatic carbocycles. The molecule has 0 spiro atoms. The maximum Gasteiger partial charge on any atom is 0.315 e. The van der Waals surface area contributed by atoms with Crippen molar-refractivity contribution in [3.8, 4) is 0 Å². The highest BCUT2D eigenvalue weighted by Crippen LogP contribution is 2.28. The molecule has 194 valence electrons. The fraction of sp³-hybridized carbons (Fsp3) is 0.565. The second-order valence-corrected chi connectivity index (χ2v) is 11.8. The molecule has 0 radical (unpaired) electrons. The highest BCUT2D eigenvalue weighted by atomic mass is 32.1. The zero-order valence-electron chi connectivity index (χ0n) is 20.8. The molecule has 0 unspecified atom stereocenters. The van der Waals surface area contributed by atoms with Gasteiger partial charge in [0, 0.05) is 61.5 Å². The van der Waals surface area contributed by atoms with Crippen molar-refractivity contribution in [3.63, 3.8) is 0 Å². The van der Waals surface area contributed by atoms with E-state index in [0.29, 0.717) is 29.4 Å². The Labute approximate surface area is 217 Å². The van der Waals surface area contributed by atoms with Crippen LogP contribution < -0.4 is 16.0 Å². The minimum atomic E-state index is -0.822. The van der Waals surface area contributed by atoms with E-state index in [1.54, 1.807) is 20.3 Å². The summed E-state index contributed by atoms with van der Waals surface area (Å²) in [4.78, 5) is 65.2. The minimum absolute atomic E-state index is 0.0244. The van der Waals surface area contributed by atoms with Gasteiger partial charge in [-0.05, 0) is 33.2 Å². The predicted molar refractivity (Wildman–Crippen MR) is 137 cm³/mol. The lowest BCUT2D eigenvalue weighted by molar-refractivity contribution is -0.137. The lowest BCUT2D eigenvalue weighted by Gasteiger charge is -2.37. The van der Waals surface area contributed by atoms with Crippen molar-refractivity contribution in [3.05, 3.63) is 26.7 Å². The summed E-state index contributed by atoms with van der Waals surface area (Å²) in [7, 11) is 5.43. The van der Waals surface area contributed by atoms with Gasteiger partial charge in [0.1, 0.15) is 0 Å². The lowest BCUT2D eigenvalue weighted by Crippen LogP contribution is -2.57. The standard InChI is InChI=1S/C23H31N7O4S2/c1-12-10-24-23(35-12)28-19(32)18(31)25-14-6-5-13(22(34)29(2)3)9-16(14)26-20(33)21-27-15-7-8-30(4)11-17(15)36-21/h10,13-14,16H,5-9,11H2,1-4H3,(H,25,31)(H,26,33)(H,24,28,32)/t13-,14-,16+/m0/s1. The number of carbonyl (C=O) groups excluding carboxylic acids is 4. The van der Waals surface area contributed by atoms with Crippen LogP contribution in [0, 0.1) is 12.8 Å². The maximum atomic E-state index is 13.2. The average molecular weight is 534 g/mol. The van der Waals surface area contributed by atoms with Crippen LogP contribution in [0.5, 0.6) is 0 Å². The normalized spacial score (nSPS) is 21.8. The molecule has 13 heteroatoms. The molecule has 0 saturated heterocycles. The summed E-state index contributed by atoms with van der Waals surface area (Å²) in [5.74, 6) is -2.27. The van der Waals surface area contributed by atoms with Crippen LogP contribution in [-0.4, -0.2) is 83.2 Å². The molecule has 0 aromatic carbocycles. The number of amides is 4. The van der Waals surface area contributed by atoms with Gasteiger partial charge in [0.25, 0.3) is 5.91 Å². The van der Waals surface area contributed by atoms with Crippen LogP contribution in [0.15, 0.2) is 6.20 Å². The van der Waals surface area contributed by atoms with Crippen LogP contribution in [0.4, 0.5) is 5.13 Å². The molecule has 1 saturated carbocycles. The predicted octanol–water partition coefficient (Wildman–Crippen LogP) is 1.01. The Morgan fingerprint density at radius 1 is 1.08 bits per heavy atom. The first-order valence-corrected chi connectivity index (χ1v) is 13.5. The summed E-state index contributed by atoms with van der Waals surface area (Å²) in [6.45, 7) is 3.51. The van der Waals surface area contributed by atoms with E-state index in [1.807, 2.05) is 14.0 Å². The fourth-order valence-electron chi connectivity index (χ4n) is 4.54. The molecule has 3 atom stereocenters. The number of aryl methyl sites for hydroxylation is 1. The maximum absolute atomic E-state index is 13.2. The zero-order valence-corrected chi connectivity index (χ0v) is 22.4. The van der Waals surface area contributed by atoms with Gasteiger partial charge >= 0.3 is 11.8 Å². The molecule has 0 bridgehead atoms. The first kappa shape index (κ1) is 26.2. The summed E-state index contributed by atoms with van der Waals surface area (Å²) in [5.41, 5.74) is 0.950. The van der Waals surface area contributed by atoms with Crippen molar-refractivity contribution in [2.75, 3.05) is 33.0 Å². The number of hydrogen-bond donors (Lipinski definition) is 3. The van der Waals surface area contributed by atoms with Gasteiger partial charge in [-0.25, -0.2) is 9.97 Å². The number of thiazole rings is 2. The van der Waals surface area contributed by atoms with Gasteiger partial charge in [-0.15, -0.1) is 22.7 Å². The molecule has 3 heterocycles. The Morgan fingerprint density at radius 2 is 1.86 bits per heavy atom. The van der Waals surface area contributed by atoms with Crippen LogP contribution in [0.1, 0.15) is 44.5 Å². The molecule has 2 aromatic heterocycles. The van der Waals surface area contributed by atoms with E-state index in [4.69, 9.17) is 0 Å². The molecule has 4 rings (SSSR count). The number of nitrogens with zero attached hydrogens (tertiary/aromatic N) is 4. The third kappa shape index (κ3) is 6.08. The smallest absolute Gasteiger partial charge is 0.315 e. The van der Waals surface area contributed by atoms with Gasteiger partial charge < -0.3 is 20.4 Å². The first-order chi connectivity index (χ1) is 17.1. The van der Waals surface area contributed by atoms with Crippen molar-refractivity contribution in [2.24, 2.45) is 5.92 Å². The number of carbonyl (C=O) groups is 4. The largest absolute Gasteiger partial charge is 0.349 e. The molecular weight excluding hydrogens is 502 g/mol. The molecule has 1 aliphatic heterocycles. The number of aromatic nitrogens is 2. The van der Waals surface area contributed by atoms with Gasteiger partial charge in [-0.2, -0.15) is 0 Å². The Kier molecular flexibility index (Phi) is 8.00. The number of hydrogen-bond acceptors (Lipinski definition) is 9. The molecule has 11 nitrogen and oxygen atoms in total. The van der Waals surface area contributed by atoms with E-state index in [0.717, 1.165) is 35.0 Å². The van der Waals surface area contributed by atoms with E-state index in [2.05, 4.69) is 30.8 Å². The third-order valence-corrected chi connectivity index (χ3v) is 8.35. The van der Waals surface area contributed by atoms with Crippen LogP contribution in [0.25, 0.3) is 0 Å². The molecule has 36 heavy (non-hydrogen) atoms. The second-order valence-electron chi connectivity index (χ2n) is 9.51. The van der Waals surface area contributed by atoms with E-state index in [9.17, 15) is 19.2 Å². The van der Waals surface area contributed by atoms with Gasteiger partial charge in [-0.3, -0.25) is 24.5 Å². The van der Waals surface area contributed by atoms with E-state index in [-0.39, 0.29) is 17.7 Å². The van der Waals surface area contributed by atoms with Crippen molar-refractivity contribution in [2.45, 2.75) is 51.2 Å². The second kappa shape index (κ2) is 11.0. The number of likely N-dealkylation sites (N-methyl/N-ethyl adjacent to an activating group) is 1. The molecule has 2 aliphatic rings. The minimum Gasteiger partial charge on any atom is -0.349 e. The number of anilines is 1. The van der Waals surface area contributed by atoms with E-state index >= 15 is 0 Å². The van der Waals surface area contributed by atoms with E-state index in [1.165, 1.54) is 27.6 Å². The molecule has 1 fully saturated rings. The van der Waals surface area contributed by atoms with Crippen LogP contribution >= 0.6 is 22.7 Å². The third-order valence-electron chi connectivity index (χ3n) is 6.44. The summed E-state index contributed by atoms with van der Waals surface area (Å²) in [6.07, 6.45) is 3.75. The quantitative estimate of drug-likeness (QED) is 0.488. The number of rotatable bonds is 5. The highest BCUT2D eigenvalue weighted by molar-refractivity contribution is 7.15. The van der Waals surface area contributed by atoms with Gasteiger partial charge in [0.15, 0.2) is 10.1 Å². The van der Waals surface area contributed by atoms with Crippen molar-refractivity contribution in [1.29, 1.82) is 0 Å². The first-order valence-electron chi connectivity index (χ1n) is 11.8. The number of nitrogens with one attached hydrogen (secondary N) is 3. The van der Waals surface area contributed by atoms with Crippen molar-refractivity contribution >= 4 is 51.4 Å². The number of fused-ring (bicyclic) bond motifs is 1. The monoisotopic (exact) mass is 533 g/mol. The van der Waals surface area contributed by atoms with Gasteiger partial charge in [0.2, 0.25) is 5.91 Å². The van der Waals surface area contributed by atoms with Gasteiger partial charge in [-0.1, -0.05) is 0 Å². The van der Waals surface area contributed by atoms with Crippen LogP contribution in [0.2, 0.25) is 0 Å². The van der Waals surface area contributed by atoms with Crippen molar-refractivity contribution < 1.29 is 19.2 Å². The SMILES string of the molecule is Cc1cnc(NC(=O)C(=O)N[C@H]2CC[C@H](C(=O)N(C)C)C[C@H]2NC(=O)c2nc3c(s2)CN(C)CC3)s1. The van der Waals surface area contributed by atoms with Crippen LogP contribution in [0.3, 0.4) is 0 Å². The molecule has 3 N–H and O–H groups in total.